The first kappa shape index (κ1) is 14.8. The maximum atomic E-state index is 6.20. The molecule has 1 aromatic carbocycles. The maximum Gasteiger partial charge on any atom is 0.179 e. The number of alkyl halides is 1. The van der Waals surface area contributed by atoms with Gasteiger partial charge in [-0.25, -0.2) is 0 Å². The van der Waals surface area contributed by atoms with E-state index in [9.17, 15) is 0 Å². The van der Waals surface area contributed by atoms with Gasteiger partial charge in [0.1, 0.15) is 6.61 Å². The van der Waals surface area contributed by atoms with Crippen LogP contribution in [-0.2, 0) is 10.6 Å². The molecule has 2 atom stereocenters. The number of hydrogen-bond acceptors (Lipinski definition) is 3. The van der Waals surface area contributed by atoms with Gasteiger partial charge in [-0.1, -0.05) is 11.6 Å². The van der Waals surface area contributed by atoms with Gasteiger partial charge in [0.05, 0.1) is 24.3 Å². The van der Waals surface area contributed by atoms with Crippen LogP contribution >= 0.6 is 23.2 Å². The van der Waals surface area contributed by atoms with Crippen molar-refractivity contribution >= 4 is 23.2 Å². The molecule has 0 aliphatic carbocycles. The molecule has 0 bridgehead atoms. The molecule has 19 heavy (non-hydrogen) atoms. The summed E-state index contributed by atoms with van der Waals surface area (Å²) in [5.74, 6) is 1.55. The van der Waals surface area contributed by atoms with Crippen molar-refractivity contribution in [3.63, 3.8) is 0 Å². The standard InChI is InChI=1S/C14H18Cl2O3/c1-9-3-4-11(19-9)8-18-14-12(16)5-10(7-15)6-13(14)17-2/h5-6,9,11H,3-4,7-8H2,1-2H3. The predicted molar refractivity (Wildman–Crippen MR) is 76.6 cm³/mol. The highest BCUT2D eigenvalue weighted by atomic mass is 35.5. The van der Waals surface area contributed by atoms with Gasteiger partial charge in [-0.15, -0.1) is 11.6 Å². The summed E-state index contributed by atoms with van der Waals surface area (Å²) in [6, 6.07) is 3.64. The number of halogens is 2. The summed E-state index contributed by atoms with van der Waals surface area (Å²) in [4.78, 5) is 0. The third-order valence-corrected chi connectivity index (χ3v) is 3.77. The summed E-state index contributed by atoms with van der Waals surface area (Å²) in [6.45, 7) is 2.56. The molecule has 1 fully saturated rings. The largest absolute Gasteiger partial charge is 0.493 e. The lowest BCUT2D eigenvalue weighted by Crippen LogP contribution is -2.18. The van der Waals surface area contributed by atoms with Crippen molar-refractivity contribution in [3.8, 4) is 11.5 Å². The topological polar surface area (TPSA) is 27.7 Å². The van der Waals surface area contributed by atoms with E-state index >= 15 is 0 Å². The second kappa shape index (κ2) is 6.69. The molecule has 3 nitrogen and oxygen atoms in total. The molecular weight excluding hydrogens is 287 g/mol. The summed E-state index contributed by atoms with van der Waals surface area (Å²) in [7, 11) is 1.59. The van der Waals surface area contributed by atoms with E-state index in [1.807, 2.05) is 6.07 Å². The van der Waals surface area contributed by atoms with E-state index in [1.54, 1.807) is 13.2 Å². The maximum absolute atomic E-state index is 6.20. The van der Waals surface area contributed by atoms with Crippen LogP contribution in [-0.4, -0.2) is 25.9 Å². The van der Waals surface area contributed by atoms with Crippen molar-refractivity contribution in [2.24, 2.45) is 0 Å². The lowest BCUT2D eigenvalue weighted by molar-refractivity contribution is 0.0259. The van der Waals surface area contributed by atoms with Crippen LogP contribution in [0.3, 0.4) is 0 Å². The van der Waals surface area contributed by atoms with Crippen LogP contribution in [0, 0.1) is 0 Å². The lowest BCUT2D eigenvalue weighted by atomic mass is 10.2. The smallest absolute Gasteiger partial charge is 0.179 e. The van der Waals surface area contributed by atoms with Crippen molar-refractivity contribution in [2.45, 2.75) is 37.9 Å². The first-order chi connectivity index (χ1) is 9.13. The van der Waals surface area contributed by atoms with Crippen molar-refractivity contribution in [3.05, 3.63) is 22.7 Å². The first-order valence-electron chi connectivity index (χ1n) is 6.34. The van der Waals surface area contributed by atoms with Gasteiger partial charge in [-0.05, 0) is 37.5 Å². The van der Waals surface area contributed by atoms with Crippen LogP contribution in [0.15, 0.2) is 12.1 Å². The Kier molecular flexibility index (Phi) is 5.20. The quantitative estimate of drug-likeness (QED) is 0.769. The Balaban J connectivity index is 2.06. The molecule has 1 aromatic rings. The fraction of sp³-hybridized carbons (Fsp3) is 0.571. The highest BCUT2D eigenvalue weighted by Crippen LogP contribution is 2.37. The molecular formula is C14H18Cl2O3. The van der Waals surface area contributed by atoms with Crippen LogP contribution in [0.1, 0.15) is 25.3 Å². The Labute approximate surface area is 123 Å². The molecule has 2 rings (SSSR count). The van der Waals surface area contributed by atoms with Crippen molar-refractivity contribution < 1.29 is 14.2 Å². The van der Waals surface area contributed by atoms with Crippen molar-refractivity contribution in [2.75, 3.05) is 13.7 Å². The van der Waals surface area contributed by atoms with Crippen molar-refractivity contribution in [1.82, 2.24) is 0 Å². The number of methoxy groups -OCH3 is 1. The third kappa shape index (κ3) is 3.68. The molecule has 1 saturated heterocycles. The molecule has 1 aliphatic rings. The Bertz CT molecular complexity index is 437. The normalized spacial score (nSPS) is 22.5. The minimum Gasteiger partial charge on any atom is -0.493 e. The van der Waals surface area contributed by atoms with E-state index in [0.29, 0.717) is 35.1 Å². The molecule has 1 aliphatic heterocycles. The second-order valence-electron chi connectivity index (χ2n) is 4.70. The molecule has 1 heterocycles. The molecule has 0 saturated carbocycles. The third-order valence-electron chi connectivity index (χ3n) is 3.18. The highest BCUT2D eigenvalue weighted by molar-refractivity contribution is 6.32. The zero-order valence-corrected chi connectivity index (χ0v) is 12.6. The Morgan fingerprint density at radius 2 is 2.16 bits per heavy atom. The summed E-state index contributed by atoms with van der Waals surface area (Å²) < 4.78 is 16.8. The molecule has 0 radical (unpaired) electrons. The van der Waals surface area contributed by atoms with Crippen LogP contribution in [0.25, 0.3) is 0 Å². The summed E-state index contributed by atoms with van der Waals surface area (Å²) >= 11 is 12.0. The van der Waals surface area contributed by atoms with E-state index in [4.69, 9.17) is 37.4 Å². The van der Waals surface area contributed by atoms with Gasteiger partial charge in [0.2, 0.25) is 0 Å². The predicted octanol–water partition coefficient (Wildman–Crippen LogP) is 4.03. The SMILES string of the molecule is COc1cc(CCl)cc(Cl)c1OCC1CCC(C)O1. The van der Waals surface area contributed by atoms with E-state index in [0.717, 1.165) is 18.4 Å². The van der Waals surface area contributed by atoms with Gasteiger partial charge in [-0.3, -0.25) is 0 Å². The second-order valence-corrected chi connectivity index (χ2v) is 5.37. The average Bonchev–Trinajstić information content (AvgIpc) is 2.82. The Hall–Kier alpha value is -0.640. The highest BCUT2D eigenvalue weighted by Gasteiger charge is 2.23. The molecule has 0 N–H and O–H groups in total. The monoisotopic (exact) mass is 304 g/mol. The van der Waals surface area contributed by atoms with Gasteiger partial charge in [0, 0.05) is 5.88 Å². The molecule has 106 valence electrons. The Morgan fingerprint density at radius 1 is 1.37 bits per heavy atom. The lowest BCUT2D eigenvalue weighted by Gasteiger charge is -2.16. The van der Waals surface area contributed by atoms with Gasteiger partial charge >= 0.3 is 0 Å². The molecule has 0 aromatic heterocycles. The van der Waals surface area contributed by atoms with E-state index in [2.05, 4.69) is 6.92 Å². The zero-order valence-electron chi connectivity index (χ0n) is 11.1. The first-order valence-corrected chi connectivity index (χ1v) is 7.26. The molecule has 5 heteroatoms. The van der Waals surface area contributed by atoms with Crippen LogP contribution in [0.2, 0.25) is 5.02 Å². The summed E-state index contributed by atoms with van der Waals surface area (Å²) in [5.41, 5.74) is 0.904. The van der Waals surface area contributed by atoms with E-state index < -0.39 is 0 Å². The Morgan fingerprint density at radius 3 is 2.74 bits per heavy atom. The number of rotatable bonds is 5. The van der Waals surface area contributed by atoms with Gasteiger partial charge in [0.15, 0.2) is 11.5 Å². The molecule has 2 unspecified atom stereocenters. The minimum atomic E-state index is 0.128. The average molecular weight is 305 g/mol. The van der Waals surface area contributed by atoms with Gasteiger partial charge in [0.25, 0.3) is 0 Å². The van der Waals surface area contributed by atoms with Gasteiger partial charge in [-0.2, -0.15) is 0 Å². The number of ether oxygens (including phenoxy) is 3. The summed E-state index contributed by atoms with van der Waals surface area (Å²) in [5, 5.41) is 0.515. The fourth-order valence-corrected chi connectivity index (χ4v) is 2.62. The van der Waals surface area contributed by atoms with Crippen LogP contribution < -0.4 is 9.47 Å². The van der Waals surface area contributed by atoms with Crippen LogP contribution in [0.4, 0.5) is 0 Å². The summed E-state index contributed by atoms with van der Waals surface area (Å²) in [6.07, 6.45) is 2.53. The van der Waals surface area contributed by atoms with E-state index in [1.165, 1.54) is 0 Å². The van der Waals surface area contributed by atoms with Crippen LogP contribution in [0.5, 0.6) is 11.5 Å². The van der Waals surface area contributed by atoms with Crippen molar-refractivity contribution in [1.29, 1.82) is 0 Å². The fourth-order valence-electron chi connectivity index (χ4n) is 2.17. The zero-order chi connectivity index (χ0) is 13.8. The molecule has 0 spiro atoms. The molecule has 0 amide bonds. The minimum absolute atomic E-state index is 0.128. The number of hydrogen-bond donors (Lipinski definition) is 0. The van der Waals surface area contributed by atoms with Gasteiger partial charge < -0.3 is 14.2 Å². The van der Waals surface area contributed by atoms with E-state index in [-0.39, 0.29) is 6.10 Å². The number of benzene rings is 1.